The summed E-state index contributed by atoms with van der Waals surface area (Å²) < 4.78 is 27.4. The molecule has 116 valence electrons. The second-order valence-electron chi connectivity index (χ2n) is 5.54. The fourth-order valence-corrected chi connectivity index (χ4v) is 2.67. The van der Waals surface area contributed by atoms with E-state index in [9.17, 15) is 8.42 Å². The minimum absolute atomic E-state index is 0.0717. The maximum Gasteiger partial charge on any atom is 0.209 e. The quantitative estimate of drug-likeness (QED) is 0.562. The van der Waals surface area contributed by atoms with E-state index in [0.717, 1.165) is 13.0 Å². The second kappa shape index (κ2) is 10.6. The van der Waals surface area contributed by atoms with Gasteiger partial charge in [0.15, 0.2) is 0 Å². The van der Waals surface area contributed by atoms with E-state index in [-0.39, 0.29) is 5.75 Å². The number of nitrogens with two attached hydrogens (primary N) is 1. The summed E-state index contributed by atoms with van der Waals surface area (Å²) in [5.41, 5.74) is 0. The molecule has 0 aromatic heterocycles. The van der Waals surface area contributed by atoms with E-state index in [1.165, 1.54) is 25.7 Å². The van der Waals surface area contributed by atoms with Crippen molar-refractivity contribution in [1.82, 2.24) is 0 Å². The first-order valence-corrected chi connectivity index (χ1v) is 9.18. The minimum Gasteiger partial charge on any atom is -0.381 e. The number of hydrogen-bond donors (Lipinski definition) is 1. The zero-order valence-corrected chi connectivity index (χ0v) is 13.5. The van der Waals surface area contributed by atoms with Gasteiger partial charge in [-0.3, -0.25) is 0 Å². The molecule has 0 aliphatic heterocycles. The van der Waals surface area contributed by atoms with Gasteiger partial charge in [-0.05, 0) is 31.1 Å². The van der Waals surface area contributed by atoms with Gasteiger partial charge in [-0.2, -0.15) is 0 Å². The van der Waals surface area contributed by atoms with Crippen LogP contribution in [0.2, 0.25) is 0 Å². The number of unbranched alkanes of at least 4 members (excludes halogenated alkanes) is 1. The van der Waals surface area contributed by atoms with Crippen molar-refractivity contribution >= 4 is 10.0 Å². The van der Waals surface area contributed by atoms with Crippen LogP contribution in [0, 0.1) is 11.8 Å². The van der Waals surface area contributed by atoms with Crippen LogP contribution >= 0.6 is 0 Å². The standard InChI is InChI=1S/C14H31NO3S/c1-4-6-7-14(5-2)12-18-10-8-13(3)9-11-19(15,16)17/h13-14H,4-12H2,1-3H3,(H2,15,16,17). The third kappa shape index (κ3) is 12.6. The maximum absolute atomic E-state index is 10.8. The Morgan fingerprint density at radius 2 is 1.84 bits per heavy atom. The van der Waals surface area contributed by atoms with Crippen molar-refractivity contribution in [3.8, 4) is 0 Å². The monoisotopic (exact) mass is 293 g/mol. The van der Waals surface area contributed by atoms with Gasteiger partial charge in [0.1, 0.15) is 0 Å². The average molecular weight is 293 g/mol. The van der Waals surface area contributed by atoms with E-state index in [2.05, 4.69) is 13.8 Å². The Labute approximate surface area is 119 Å². The molecule has 2 N–H and O–H groups in total. The summed E-state index contributed by atoms with van der Waals surface area (Å²) in [7, 11) is -3.32. The van der Waals surface area contributed by atoms with Gasteiger partial charge >= 0.3 is 0 Å². The Balaban J connectivity index is 3.61. The molecule has 0 saturated carbocycles. The molecule has 19 heavy (non-hydrogen) atoms. The third-order valence-corrected chi connectivity index (χ3v) is 4.35. The van der Waals surface area contributed by atoms with Crippen LogP contribution in [0.1, 0.15) is 59.3 Å². The van der Waals surface area contributed by atoms with Gasteiger partial charge in [0.2, 0.25) is 10.0 Å². The zero-order chi connectivity index (χ0) is 14.7. The Hall–Kier alpha value is -0.130. The second-order valence-corrected chi connectivity index (χ2v) is 7.27. The molecule has 0 radical (unpaired) electrons. The molecule has 0 aliphatic carbocycles. The highest BCUT2D eigenvalue weighted by atomic mass is 32.2. The number of rotatable bonds is 12. The number of ether oxygens (including phenoxy) is 1. The summed E-state index contributed by atoms with van der Waals surface area (Å²) in [5, 5.41) is 4.98. The molecule has 0 amide bonds. The van der Waals surface area contributed by atoms with Crippen LogP contribution in [0.15, 0.2) is 0 Å². The molecule has 0 aromatic rings. The van der Waals surface area contributed by atoms with Crippen molar-refractivity contribution in [1.29, 1.82) is 0 Å². The van der Waals surface area contributed by atoms with E-state index >= 15 is 0 Å². The third-order valence-electron chi connectivity index (χ3n) is 3.55. The summed E-state index contributed by atoms with van der Waals surface area (Å²) in [6.07, 6.45) is 6.44. The molecule has 0 bridgehead atoms. The first-order chi connectivity index (χ1) is 8.89. The lowest BCUT2D eigenvalue weighted by Gasteiger charge is -2.16. The molecule has 2 atom stereocenters. The molecule has 4 nitrogen and oxygen atoms in total. The SMILES string of the molecule is CCCCC(CC)COCCC(C)CCS(N)(=O)=O. The maximum atomic E-state index is 10.8. The number of hydrogen-bond acceptors (Lipinski definition) is 3. The van der Waals surface area contributed by atoms with Gasteiger partial charge in [-0.15, -0.1) is 0 Å². The van der Waals surface area contributed by atoms with Crippen LogP contribution in [0.25, 0.3) is 0 Å². The van der Waals surface area contributed by atoms with Crippen LogP contribution in [0.4, 0.5) is 0 Å². The lowest BCUT2D eigenvalue weighted by molar-refractivity contribution is 0.0846. The molecule has 2 unspecified atom stereocenters. The van der Waals surface area contributed by atoms with Crippen LogP contribution in [0.3, 0.4) is 0 Å². The smallest absolute Gasteiger partial charge is 0.209 e. The molecule has 0 aromatic carbocycles. The van der Waals surface area contributed by atoms with Gasteiger partial charge in [0, 0.05) is 13.2 Å². The lowest BCUT2D eigenvalue weighted by atomic mass is 10.0. The summed E-state index contributed by atoms with van der Waals surface area (Å²) in [5.74, 6) is 1.08. The molecule has 0 saturated heterocycles. The Kier molecular flexibility index (Phi) is 10.6. The van der Waals surface area contributed by atoms with Gasteiger partial charge in [-0.25, -0.2) is 13.6 Å². The number of sulfonamides is 1. The fraction of sp³-hybridized carbons (Fsp3) is 1.00. The molecule has 5 heteroatoms. The summed E-state index contributed by atoms with van der Waals surface area (Å²) in [6.45, 7) is 8.01. The van der Waals surface area contributed by atoms with Crippen LogP contribution in [-0.4, -0.2) is 27.4 Å². The van der Waals surface area contributed by atoms with E-state index in [0.29, 0.717) is 24.9 Å². The first kappa shape index (κ1) is 18.9. The predicted octanol–water partition coefficient (Wildman–Crippen LogP) is 2.92. The summed E-state index contributed by atoms with van der Waals surface area (Å²) in [6, 6.07) is 0. The Morgan fingerprint density at radius 3 is 2.37 bits per heavy atom. The molecule has 0 spiro atoms. The van der Waals surface area contributed by atoms with Crippen molar-refractivity contribution in [2.45, 2.75) is 59.3 Å². The van der Waals surface area contributed by atoms with Crippen molar-refractivity contribution in [2.24, 2.45) is 17.0 Å². The summed E-state index contributed by atoms with van der Waals surface area (Å²) in [4.78, 5) is 0. The van der Waals surface area contributed by atoms with Crippen LogP contribution in [-0.2, 0) is 14.8 Å². The van der Waals surface area contributed by atoms with E-state index < -0.39 is 10.0 Å². The van der Waals surface area contributed by atoms with E-state index in [1.54, 1.807) is 0 Å². The highest BCUT2D eigenvalue weighted by Crippen LogP contribution is 2.14. The Bertz CT molecular complexity index is 304. The van der Waals surface area contributed by atoms with Gasteiger partial charge < -0.3 is 4.74 Å². The predicted molar refractivity (Wildman–Crippen MR) is 80.5 cm³/mol. The normalized spacial score (nSPS) is 15.4. The highest BCUT2D eigenvalue weighted by Gasteiger charge is 2.09. The molecular formula is C14H31NO3S. The molecule has 0 rings (SSSR count). The molecule has 0 aliphatic rings. The van der Waals surface area contributed by atoms with E-state index in [4.69, 9.17) is 9.88 Å². The van der Waals surface area contributed by atoms with Crippen molar-refractivity contribution in [3.05, 3.63) is 0 Å². The zero-order valence-electron chi connectivity index (χ0n) is 12.7. The molecule has 0 heterocycles. The largest absolute Gasteiger partial charge is 0.381 e. The lowest BCUT2D eigenvalue weighted by Crippen LogP contribution is -2.19. The highest BCUT2D eigenvalue weighted by molar-refractivity contribution is 7.89. The Morgan fingerprint density at radius 1 is 1.16 bits per heavy atom. The molecular weight excluding hydrogens is 262 g/mol. The fourth-order valence-electron chi connectivity index (χ4n) is 1.94. The van der Waals surface area contributed by atoms with Crippen LogP contribution in [0.5, 0.6) is 0 Å². The van der Waals surface area contributed by atoms with Crippen molar-refractivity contribution in [2.75, 3.05) is 19.0 Å². The van der Waals surface area contributed by atoms with Crippen LogP contribution < -0.4 is 5.14 Å². The topological polar surface area (TPSA) is 69.4 Å². The first-order valence-electron chi connectivity index (χ1n) is 7.47. The van der Waals surface area contributed by atoms with Crippen molar-refractivity contribution < 1.29 is 13.2 Å². The van der Waals surface area contributed by atoms with Gasteiger partial charge in [0.25, 0.3) is 0 Å². The summed E-state index contributed by atoms with van der Waals surface area (Å²) >= 11 is 0. The van der Waals surface area contributed by atoms with Crippen molar-refractivity contribution in [3.63, 3.8) is 0 Å². The van der Waals surface area contributed by atoms with Gasteiger partial charge in [-0.1, -0.05) is 40.0 Å². The molecule has 0 fully saturated rings. The average Bonchev–Trinajstić information content (AvgIpc) is 2.34. The van der Waals surface area contributed by atoms with Gasteiger partial charge in [0.05, 0.1) is 5.75 Å². The minimum atomic E-state index is -3.32. The number of primary sulfonamides is 1. The van der Waals surface area contributed by atoms with E-state index in [1.807, 2.05) is 6.92 Å².